The number of amides is 2. The molecule has 7 heteroatoms. The Morgan fingerprint density at radius 3 is 2.47 bits per heavy atom. The lowest BCUT2D eigenvalue weighted by Gasteiger charge is -2.35. The number of hydrogen-bond acceptors (Lipinski definition) is 5. The first-order valence-electron chi connectivity index (χ1n) is 11.2. The summed E-state index contributed by atoms with van der Waals surface area (Å²) in [4.78, 5) is 29.6. The van der Waals surface area contributed by atoms with Gasteiger partial charge in [0, 0.05) is 38.3 Å². The molecule has 2 aliphatic heterocycles. The standard InChI is InChI=1S/C25H31N3O4/c1-18-3-7-21(8-4-18)28-17-20(15-24(28)29)25(30)26-16-23(27-11-13-32-14-12-27)19-5-9-22(31-2)10-6-19/h3-10,20,23H,11-17H2,1-2H3,(H,26,30)/t20-,23+/m0/s1. The van der Waals surface area contributed by atoms with E-state index in [0.717, 1.165) is 35.7 Å². The van der Waals surface area contributed by atoms with E-state index in [1.54, 1.807) is 12.0 Å². The molecule has 2 fully saturated rings. The van der Waals surface area contributed by atoms with Gasteiger partial charge in [0.15, 0.2) is 0 Å². The molecule has 1 N–H and O–H groups in total. The molecular weight excluding hydrogens is 406 g/mol. The number of nitrogens with one attached hydrogen (secondary N) is 1. The fourth-order valence-corrected chi connectivity index (χ4v) is 4.37. The van der Waals surface area contributed by atoms with E-state index in [-0.39, 0.29) is 30.2 Å². The van der Waals surface area contributed by atoms with E-state index < -0.39 is 0 Å². The highest BCUT2D eigenvalue weighted by atomic mass is 16.5. The van der Waals surface area contributed by atoms with Crippen LogP contribution in [0.1, 0.15) is 23.6 Å². The smallest absolute Gasteiger partial charge is 0.227 e. The van der Waals surface area contributed by atoms with Crippen molar-refractivity contribution in [1.29, 1.82) is 0 Å². The third-order valence-corrected chi connectivity index (χ3v) is 6.30. The van der Waals surface area contributed by atoms with Crippen LogP contribution in [0.2, 0.25) is 0 Å². The van der Waals surface area contributed by atoms with Gasteiger partial charge in [-0.3, -0.25) is 14.5 Å². The molecule has 170 valence electrons. The van der Waals surface area contributed by atoms with Crippen molar-refractivity contribution in [2.75, 3.05) is 51.4 Å². The summed E-state index contributed by atoms with van der Waals surface area (Å²) in [6.45, 7) is 5.91. The third-order valence-electron chi connectivity index (χ3n) is 6.30. The maximum Gasteiger partial charge on any atom is 0.227 e. The molecule has 2 aliphatic rings. The average Bonchev–Trinajstić information content (AvgIpc) is 3.22. The number of methoxy groups -OCH3 is 1. The number of rotatable bonds is 7. The number of morpholine rings is 1. The molecule has 32 heavy (non-hydrogen) atoms. The van der Waals surface area contributed by atoms with Crippen molar-refractivity contribution >= 4 is 17.5 Å². The van der Waals surface area contributed by atoms with Crippen molar-refractivity contribution in [2.24, 2.45) is 5.92 Å². The van der Waals surface area contributed by atoms with Crippen LogP contribution in [0.15, 0.2) is 48.5 Å². The lowest BCUT2D eigenvalue weighted by atomic mass is 10.0. The van der Waals surface area contributed by atoms with Crippen LogP contribution in [0.5, 0.6) is 5.75 Å². The van der Waals surface area contributed by atoms with Crippen molar-refractivity contribution in [2.45, 2.75) is 19.4 Å². The Morgan fingerprint density at radius 2 is 1.81 bits per heavy atom. The van der Waals surface area contributed by atoms with Crippen LogP contribution < -0.4 is 15.0 Å². The fraction of sp³-hybridized carbons (Fsp3) is 0.440. The fourth-order valence-electron chi connectivity index (χ4n) is 4.37. The van der Waals surface area contributed by atoms with Crippen LogP contribution >= 0.6 is 0 Å². The van der Waals surface area contributed by atoms with Gasteiger partial charge in [-0.25, -0.2) is 0 Å². The van der Waals surface area contributed by atoms with E-state index in [9.17, 15) is 9.59 Å². The van der Waals surface area contributed by atoms with Crippen LogP contribution in [0.3, 0.4) is 0 Å². The van der Waals surface area contributed by atoms with Gasteiger partial charge >= 0.3 is 0 Å². The second-order valence-electron chi connectivity index (χ2n) is 8.42. The van der Waals surface area contributed by atoms with E-state index in [2.05, 4.69) is 10.2 Å². The lowest BCUT2D eigenvalue weighted by Crippen LogP contribution is -2.45. The molecule has 0 aliphatic carbocycles. The molecular formula is C25H31N3O4. The number of carbonyl (C=O) groups excluding carboxylic acids is 2. The van der Waals surface area contributed by atoms with E-state index in [1.165, 1.54) is 0 Å². The van der Waals surface area contributed by atoms with Gasteiger partial charge < -0.3 is 19.7 Å². The molecule has 7 nitrogen and oxygen atoms in total. The Labute approximate surface area is 189 Å². The Hall–Kier alpha value is -2.90. The van der Waals surface area contributed by atoms with Crippen LogP contribution in [-0.2, 0) is 14.3 Å². The zero-order valence-electron chi connectivity index (χ0n) is 18.8. The first kappa shape index (κ1) is 22.3. The summed E-state index contributed by atoms with van der Waals surface area (Å²) in [5.41, 5.74) is 3.11. The summed E-state index contributed by atoms with van der Waals surface area (Å²) >= 11 is 0. The molecule has 0 spiro atoms. The first-order valence-corrected chi connectivity index (χ1v) is 11.2. The predicted octanol–water partition coefficient (Wildman–Crippen LogP) is 2.55. The number of anilines is 1. The normalized spacial score (nSPS) is 20.2. The molecule has 2 heterocycles. The van der Waals surface area contributed by atoms with E-state index >= 15 is 0 Å². The molecule has 2 amide bonds. The monoisotopic (exact) mass is 437 g/mol. The van der Waals surface area contributed by atoms with Gasteiger partial charge in [0.2, 0.25) is 11.8 Å². The number of aryl methyl sites for hydroxylation is 1. The molecule has 0 bridgehead atoms. The molecule has 2 aromatic rings. The minimum absolute atomic E-state index is 0.00566. The predicted molar refractivity (Wildman–Crippen MR) is 123 cm³/mol. The maximum atomic E-state index is 13.0. The van der Waals surface area contributed by atoms with Gasteiger partial charge in [0.25, 0.3) is 0 Å². The molecule has 0 aromatic heterocycles. The molecule has 2 atom stereocenters. The number of carbonyl (C=O) groups is 2. The average molecular weight is 438 g/mol. The highest BCUT2D eigenvalue weighted by Crippen LogP contribution is 2.27. The second-order valence-corrected chi connectivity index (χ2v) is 8.42. The van der Waals surface area contributed by atoms with Crippen molar-refractivity contribution in [3.05, 3.63) is 59.7 Å². The summed E-state index contributed by atoms with van der Waals surface area (Å²) in [6.07, 6.45) is 0.241. The summed E-state index contributed by atoms with van der Waals surface area (Å²) in [5, 5.41) is 3.12. The summed E-state index contributed by atoms with van der Waals surface area (Å²) < 4.78 is 10.8. The molecule has 0 radical (unpaired) electrons. The third kappa shape index (κ3) is 5.11. The molecule has 2 saturated heterocycles. The Bertz CT molecular complexity index is 923. The molecule has 2 aromatic carbocycles. The van der Waals surface area contributed by atoms with Crippen molar-refractivity contribution < 1.29 is 19.1 Å². The highest BCUT2D eigenvalue weighted by molar-refractivity contribution is 6.00. The van der Waals surface area contributed by atoms with E-state index in [4.69, 9.17) is 9.47 Å². The van der Waals surface area contributed by atoms with Crippen LogP contribution in [0, 0.1) is 12.8 Å². The zero-order valence-corrected chi connectivity index (χ0v) is 18.8. The molecule has 0 unspecified atom stereocenters. The Balaban J connectivity index is 1.41. The highest BCUT2D eigenvalue weighted by Gasteiger charge is 2.35. The van der Waals surface area contributed by atoms with Gasteiger partial charge in [0.05, 0.1) is 32.3 Å². The summed E-state index contributed by atoms with van der Waals surface area (Å²) in [6, 6.07) is 15.9. The Morgan fingerprint density at radius 1 is 1.12 bits per heavy atom. The Kier molecular flexibility index (Phi) is 7.07. The number of ether oxygens (including phenoxy) is 2. The van der Waals surface area contributed by atoms with Crippen molar-refractivity contribution in [1.82, 2.24) is 10.2 Å². The quantitative estimate of drug-likeness (QED) is 0.721. The van der Waals surface area contributed by atoms with E-state index in [0.29, 0.717) is 26.3 Å². The van der Waals surface area contributed by atoms with Gasteiger partial charge in [-0.1, -0.05) is 29.8 Å². The minimum Gasteiger partial charge on any atom is -0.497 e. The van der Waals surface area contributed by atoms with Crippen molar-refractivity contribution in [3.8, 4) is 5.75 Å². The summed E-state index contributed by atoms with van der Waals surface area (Å²) in [5.74, 6) is 0.387. The van der Waals surface area contributed by atoms with Crippen LogP contribution in [-0.4, -0.2) is 63.2 Å². The SMILES string of the molecule is COc1ccc([C@@H](CNC(=O)[C@H]2CC(=O)N(c3ccc(C)cc3)C2)N2CCOCC2)cc1. The number of hydrogen-bond donors (Lipinski definition) is 1. The zero-order chi connectivity index (χ0) is 22.5. The largest absolute Gasteiger partial charge is 0.497 e. The van der Waals surface area contributed by atoms with Crippen LogP contribution in [0.25, 0.3) is 0 Å². The van der Waals surface area contributed by atoms with Gasteiger partial charge in [-0.05, 0) is 36.8 Å². The van der Waals surface area contributed by atoms with E-state index in [1.807, 2.05) is 55.5 Å². The number of benzene rings is 2. The van der Waals surface area contributed by atoms with Crippen molar-refractivity contribution in [3.63, 3.8) is 0 Å². The topological polar surface area (TPSA) is 71.1 Å². The molecule has 4 rings (SSSR count). The second kappa shape index (κ2) is 10.1. The lowest BCUT2D eigenvalue weighted by molar-refractivity contribution is -0.126. The van der Waals surface area contributed by atoms with Crippen LogP contribution in [0.4, 0.5) is 5.69 Å². The maximum absolute atomic E-state index is 13.0. The first-order chi connectivity index (χ1) is 15.5. The number of nitrogens with zero attached hydrogens (tertiary/aromatic N) is 2. The minimum atomic E-state index is -0.343. The van der Waals surface area contributed by atoms with Gasteiger partial charge in [-0.15, -0.1) is 0 Å². The van der Waals surface area contributed by atoms with Gasteiger partial charge in [-0.2, -0.15) is 0 Å². The molecule has 0 saturated carbocycles. The summed E-state index contributed by atoms with van der Waals surface area (Å²) in [7, 11) is 1.65. The van der Waals surface area contributed by atoms with Gasteiger partial charge in [0.1, 0.15) is 5.75 Å².